The Morgan fingerprint density at radius 1 is 0.208 bits per heavy atom. The summed E-state index contributed by atoms with van der Waals surface area (Å²) < 4.78 is 77.0. The van der Waals surface area contributed by atoms with Crippen molar-refractivity contribution in [3.05, 3.63) is 0 Å². The van der Waals surface area contributed by atoms with E-state index in [4.69, 9.17) is 158 Å². The number of ether oxygens (including phenoxy) is 15. The SMILES string of the molecule is CCO.OC[C@@H](O)[C@@H](O)[C@H](O)[C@H](O)CO.OC[C@H]1O[C@@](CO)(O[C@H]2O[C@H](CO)[C@@H](O)[C@H](O)[C@H]2O)[C@@H](O)[C@@H]1O.OC[C@H]1O[C@@](CO)(O[C@H]2O[C@H](CO)[C@@H](O)[C@H](O)[C@H]2O)[C@@H](O)[C@@H]1O.OC[C@H]1O[C@@](CO)(O[C@H]2O[C@H](CO)[C@@H](O)[C@H](O)[C@H]2O)[C@@H](O)[C@@H]1O.OC[C@H]1O[C@H](O[C@H]2O[C@H](CO)[C@@H](O)[C@H](O)[C@H]2O)[C@H](O)[C@@H](O)[C@@H]1O.OC[C@H]1O[C@H](O[C@H]2O[C@H](CO)[C@@H](O)[C@H](O)[C@H]2O)[C@H](O)[C@@H](O)[C@@H]1O. The number of hydrogen-bond acceptors (Lipinski definition) is 62. The van der Waals surface area contributed by atoms with E-state index in [2.05, 4.69) is 0 Å². The van der Waals surface area contributed by atoms with Crippen LogP contribution in [0.2, 0.25) is 0 Å². The van der Waals surface area contributed by atoms with Crippen LogP contribution in [-0.2, 0) is 71.1 Å². The number of rotatable bonds is 28. The van der Waals surface area contributed by atoms with Crippen LogP contribution in [0.4, 0.5) is 0 Å². The topological polar surface area (TPSA) is 1090 Å². The molecule has 62 nitrogen and oxygen atoms in total. The lowest BCUT2D eigenvalue weighted by Gasteiger charge is -2.44. The van der Waals surface area contributed by atoms with E-state index in [0.717, 1.165) is 0 Å². The molecule has 10 heterocycles. The molecule has 10 aliphatic heterocycles. The Bertz CT molecular complexity index is 2720. The molecule has 51 atom stereocenters. The molecule has 47 N–H and O–H groups in total. The van der Waals surface area contributed by atoms with E-state index in [-0.39, 0.29) is 6.61 Å². The fraction of sp³-hybridized carbons (Fsp3) is 1.00. The van der Waals surface area contributed by atoms with E-state index >= 15 is 0 Å². The molecule has 10 aliphatic rings. The Hall–Kier alpha value is -2.48. The molecule has 0 aromatic heterocycles. The van der Waals surface area contributed by atoms with Gasteiger partial charge in [0.25, 0.3) is 0 Å². The maximum Gasteiger partial charge on any atom is 0.224 e. The fourth-order valence-corrected chi connectivity index (χ4v) is 13.5. The van der Waals surface area contributed by atoms with Gasteiger partial charge in [0.2, 0.25) is 17.4 Å². The standard InChI is InChI=1S/5C12H22O11.C6H14O6.C2H6O/c3*13-1-4-6(16)8(18)9(19)11(21-4)23-12(3-15)10(20)7(17)5(2-14)22-12;2*13-1-3-5(15)7(17)9(19)11(21-3)23-12-10(20)8(18)6(16)4(2-14)22-12;7-1-3(9)5(11)6(12)4(10)2-8;1-2-3/h3*4-11,13-20H,1-3H2;2*3-20H,1-2H2;3-12H,1-2H2;3H,2H2,1H3/t3*4-,5-,6-,7-,8+,9-,10+,11-,12+;2*3-,4-,5-,6-,7+,8+,9-,10-,11-,12-;3-,4-,5-,6-;/m111111./s1. The van der Waals surface area contributed by atoms with Gasteiger partial charge in [0.05, 0.1) is 79.3 Å². The molecule has 0 aromatic carbocycles. The molecule has 0 bridgehead atoms. The van der Waals surface area contributed by atoms with Crippen LogP contribution >= 0.6 is 0 Å². The minimum absolute atomic E-state index is 0.250. The second-order valence-corrected chi connectivity index (χ2v) is 30.5. The Kier molecular flexibility index (Phi) is 50.6. The average Bonchev–Trinajstić information content (AvgIpc) is 1.62. The smallest absolute Gasteiger partial charge is 0.224 e. The first kappa shape index (κ1) is 120. The van der Waals surface area contributed by atoms with Gasteiger partial charge in [-0.15, -0.1) is 0 Å². The first-order valence-corrected chi connectivity index (χ1v) is 39.8. The first-order valence-electron chi connectivity index (χ1n) is 39.8. The van der Waals surface area contributed by atoms with Gasteiger partial charge in [-0.2, -0.15) is 0 Å². The second kappa shape index (κ2) is 54.9. The van der Waals surface area contributed by atoms with Crippen molar-refractivity contribution in [1.82, 2.24) is 0 Å². The molecule has 0 aromatic rings. The third-order valence-corrected chi connectivity index (χ3v) is 21.7. The van der Waals surface area contributed by atoms with E-state index in [1.54, 1.807) is 6.92 Å². The van der Waals surface area contributed by atoms with Crippen molar-refractivity contribution >= 4 is 0 Å². The summed E-state index contributed by atoms with van der Waals surface area (Å²) in [7, 11) is 0. The van der Waals surface area contributed by atoms with Gasteiger partial charge in [-0.3, -0.25) is 0 Å². The van der Waals surface area contributed by atoms with Gasteiger partial charge in [-0.1, -0.05) is 0 Å². The summed E-state index contributed by atoms with van der Waals surface area (Å²) in [6, 6.07) is 0. The molecule has 0 amide bonds. The van der Waals surface area contributed by atoms with Gasteiger partial charge >= 0.3 is 0 Å². The largest absolute Gasteiger partial charge is 0.397 e. The Balaban J connectivity index is 0.000000327. The van der Waals surface area contributed by atoms with Crippen molar-refractivity contribution in [2.24, 2.45) is 0 Å². The zero-order chi connectivity index (χ0) is 99.1. The van der Waals surface area contributed by atoms with E-state index in [9.17, 15) is 153 Å². The predicted molar refractivity (Wildman–Crippen MR) is 394 cm³/mol. The summed E-state index contributed by atoms with van der Waals surface area (Å²) >= 11 is 0. The Labute approximate surface area is 733 Å². The summed E-state index contributed by atoms with van der Waals surface area (Å²) in [5.41, 5.74) is 0. The van der Waals surface area contributed by atoms with Crippen molar-refractivity contribution in [3.63, 3.8) is 0 Å². The molecule has 62 heteroatoms. The van der Waals surface area contributed by atoms with E-state index < -0.39 is 411 Å². The minimum Gasteiger partial charge on any atom is -0.397 e. The van der Waals surface area contributed by atoms with Crippen molar-refractivity contribution < 1.29 is 311 Å². The lowest BCUT2D eigenvalue weighted by Crippen LogP contribution is -2.63. The molecular formula is C68H130O62. The molecule has 0 unspecified atom stereocenters. The first-order chi connectivity index (χ1) is 61.0. The predicted octanol–water partition coefficient (Wildman–Crippen LogP) is -30.6. The summed E-state index contributed by atoms with van der Waals surface area (Å²) in [6.07, 6.45) is -75.5. The van der Waals surface area contributed by atoms with Crippen LogP contribution in [0.15, 0.2) is 0 Å². The van der Waals surface area contributed by atoms with E-state index in [1.807, 2.05) is 0 Å². The van der Waals surface area contributed by atoms with Crippen LogP contribution in [-0.4, -0.2) is 657 Å². The number of aliphatic hydroxyl groups excluding tert-OH is 47. The summed E-state index contributed by atoms with van der Waals surface area (Å²) in [5, 5.41) is 443. The highest BCUT2D eigenvalue weighted by molar-refractivity contribution is 5.03. The zero-order valence-electron chi connectivity index (χ0n) is 68.7. The summed E-state index contributed by atoms with van der Waals surface area (Å²) in [5.74, 6) is -6.67. The number of hydrogen-bond donors (Lipinski definition) is 47. The van der Waals surface area contributed by atoms with Gasteiger partial charge in [0.15, 0.2) is 44.0 Å². The van der Waals surface area contributed by atoms with E-state index in [0.29, 0.717) is 0 Å². The van der Waals surface area contributed by atoms with Crippen molar-refractivity contribution in [2.45, 2.75) is 319 Å². The molecule has 0 radical (unpaired) electrons. The molecule has 0 aliphatic carbocycles. The normalized spacial score (nSPS) is 47.5. The van der Waals surface area contributed by atoms with Crippen molar-refractivity contribution in [1.29, 1.82) is 0 Å². The van der Waals surface area contributed by atoms with Gasteiger partial charge in [0, 0.05) is 6.61 Å². The molecule has 10 fully saturated rings. The minimum atomic E-state index is -2.22. The second-order valence-electron chi connectivity index (χ2n) is 30.5. The highest BCUT2D eigenvalue weighted by Gasteiger charge is 2.63. The molecule has 10 saturated heterocycles. The lowest BCUT2D eigenvalue weighted by atomic mass is 9.98. The molecular weight excluding hydrogens is 1810 g/mol. The van der Waals surface area contributed by atoms with Crippen LogP contribution in [0.5, 0.6) is 0 Å². The van der Waals surface area contributed by atoms with Crippen molar-refractivity contribution in [3.8, 4) is 0 Å². The van der Waals surface area contributed by atoms with Crippen LogP contribution in [0.1, 0.15) is 6.92 Å². The quantitative estimate of drug-likeness (QED) is 0.0346. The van der Waals surface area contributed by atoms with Gasteiger partial charge in [-0.25, -0.2) is 0 Å². The maximum absolute atomic E-state index is 10.00. The van der Waals surface area contributed by atoms with Crippen LogP contribution in [0.25, 0.3) is 0 Å². The van der Waals surface area contributed by atoms with E-state index in [1.165, 1.54) is 0 Å². The van der Waals surface area contributed by atoms with Gasteiger partial charge < -0.3 is 311 Å². The average molecular weight is 1940 g/mol. The molecule has 10 rings (SSSR count). The Morgan fingerprint density at radius 3 is 0.485 bits per heavy atom. The lowest BCUT2D eigenvalue weighted by molar-refractivity contribution is -0.383. The van der Waals surface area contributed by atoms with Gasteiger partial charge in [0.1, 0.15) is 270 Å². The molecule has 0 saturated carbocycles. The molecule has 774 valence electrons. The summed E-state index contributed by atoms with van der Waals surface area (Å²) in [4.78, 5) is 0. The number of aliphatic hydroxyl groups is 47. The molecule has 130 heavy (non-hydrogen) atoms. The fourth-order valence-electron chi connectivity index (χ4n) is 13.5. The monoisotopic (exact) mass is 1940 g/mol. The third kappa shape index (κ3) is 28.2. The van der Waals surface area contributed by atoms with Gasteiger partial charge in [-0.05, 0) is 6.92 Å². The summed E-state index contributed by atoms with van der Waals surface area (Å²) in [6.45, 7) is -9.16. The zero-order valence-corrected chi connectivity index (χ0v) is 68.7. The Morgan fingerprint density at radius 2 is 0.354 bits per heavy atom. The third-order valence-electron chi connectivity index (χ3n) is 21.7. The maximum atomic E-state index is 10.00. The van der Waals surface area contributed by atoms with Crippen molar-refractivity contribution in [2.75, 3.05) is 106 Å². The van der Waals surface area contributed by atoms with Crippen LogP contribution in [0, 0.1) is 0 Å². The van der Waals surface area contributed by atoms with Crippen LogP contribution in [0.3, 0.4) is 0 Å². The highest BCUT2D eigenvalue weighted by atomic mass is 16.8. The molecule has 0 spiro atoms. The van der Waals surface area contributed by atoms with Crippen LogP contribution < -0.4 is 0 Å². The highest BCUT2D eigenvalue weighted by Crippen LogP contribution is 2.41.